The molecule has 0 heterocycles. The Hall–Kier alpha value is -2.98. The van der Waals surface area contributed by atoms with Crippen LogP contribution in [-0.2, 0) is 26.2 Å². The topological polar surface area (TPSA) is 96.0 Å². The van der Waals surface area contributed by atoms with Gasteiger partial charge in [-0.15, -0.1) is 0 Å². The highest BCUT2D eigenvalue weighted by Gasteiger charge is 2.34. The van der Waals surface area contributed by atoms with Crippen molar-refractivity contribution in [2.75, 3.05) is 24.5 Å². The van der Waals surface area contributed by atoms with Gasteiger partial charge in [0.15, 0.2) is 0 Å². The summed E-state index contributed by atoms with van der Waals surface area (Å²) in [6.07, 6.45) is 1.92. The van der Waals surface area contributed by atoms with Crippen LogP contribution in [0.15, 0.2) is 65.6 Å². The highest BCUT2D eigenvalue weighted by atomic mass is 35.5. The highest BCUT2D eigenvalue weighted by Crippen LogP contribution is 2.33. The molecule has 0 aliphatic rings. The summed E-state index contributed by atoms with van der Waals surface area (Å²) in [5.74, 6) is -0.641. The van der Waals surface area contributed by atoms with Gasteiger partial charge in [0.2, 0.25) is 11.8 Å². The predicted molar refractivity (Wildman–Crippen MR) is 173 cm³/mol. The number of carbonyl (C=O) groups is 2. The molecule has 0 spiro atoms. The third-order valence-corrected chi connectivity index (χ3v) is 9.71. The van der Waals surface area contributed by atoms with Crippen LogP contribution < -0.4 is 14.4 Å². The van der Waals surface area contributed by atoms with Crippen LogP contribution in [-0.4, -0.2) is 51.4 Å². The van der Waals surface area contributed by atoms with Gasteiger partial charge in [0.1, 0.15) is 18.3 Å². The van der Waals surface area contributed by atoms with Gasteiger partial charge in [-0.05, 0) is 62.2 Å². The smallest absolute Gasteiger partial charge is 0.264 e. The van der Waals surface area contributed by atoms with Crippen molar-refractivity contribution in [2.24, 2.45) is 0 Å². The Morgan fingerprint density at radius 1 is 0.953 bits per heavy atom. The number of hydrogen-bond acceptors (Lipinski definition) is 5. The lowest BCUT2D eigenvalue weighted by Crippen LogP contribution is -2.52. The van der Waals surface area contributed by atoms with Crippen molar-refractivity contribution < 1.29 is 22.7 Å². The molecule has 0 unspecified atom stereocenters. The second kappa shape index (κ2) is 15.7. The molecule has 1 atom stereocenters. The summed E-state index contributed by atoms with van der Waals surface area (Å²) in [5.41, 5.74) is 1.46. The van der Waals surface area contributed by atoms with Crippen LogP contribution >= 0.6 is 34.8 Å². The zero-order valence-corrected chi connectivity index (χ0v) is 27.7. The molecule has 12 heteroatoms. The van der Waals surface area contributed by atoms with Crippen molar-refractivity contribution in [3.63, 3.8) is 0 Å². The van der Waals surface area contributed by atoms with E-state index in [1.165, 1.54) is 42.3 Å². The number of carbonyl (C=O) groups excluding carboxylic acids is 2. The molecule has 2 amide bonds. The van der Waals surface area contributed by atoms with Crippen LogP contribution in [0, 0.1) is 6.92 Å². The average molecular weight is 669 g/mol. The first-order valence-corrected chi connectivity index (χ1v) is 16.4. The minimum absolute atomic E-state index is 0.0112. The molecule has 0 saturated carbocycles. The van der Waals surface area contributed by atoms with Crippen molar-refractivity contribution in [3.05, 3.63) is 86.9 Å². The zero-order chi connectivity index (χ0) is 31.7. The molecule has 1 N–H and O–H groups in total. The van der Waals surface area contributed by atoms with E-state index >= 15 is 0 Å². The second-order valence-corrected chi connectivity index (χ2v) is 13.0. The van der Waals surface area contributed by atoms with Gasteiger partial charge in [-0.2, -0.15) is 0 Å². The van der Waals surface area contributed by atoms with E-state index in [9.17, 15) is 18.0 Å². The fourth-order valence-corrected chi connectivity index (χ4v) is 6.63. The third-order valence-electron chi connectivity index (χ3n) is 6.92. The summed E-state index contributed by atoms with van der Waals surface area (Å²) < 4.78 is 34.3. The average Bonchev–Trinajstić information content (AvgIpc) is 2.97. The summed E-state index contributed by atoms with van der Waals surface area (Å²) in [6.45, 7) is 5.34. The SMILES string of the molecule is CCCCNC(=O)[C@@H](CC)N(Cc1c(Cl)cccc1Cl)C(=O)CN(c1ccc(OC)c(Cl)c1)S(=O)(=O)c1ccc(C)cc1. The van der Waals surface area contributed by atoms with Crippen molar-refractivity contribution in [2.45, 2.75) is 57.5 Å². The molecule has 8 nitrogen and oxygen atoms in total. The monoisotopic (exact) mass is 667 g/mol. The number of ether oxygens (including phenoxy) is 1. The standard InChI is InChI=1S/C31H36Cl3N3O5S/c1-5-7-17-35-31(39)28(6-2)36(19-24-25(32)9-8-10-26(24)33)30(38)20-37(22-13-16-29(42-4)27(34)18-22)43(40,41)23-14-11-21(3)12-15-23/h8-16,18,28H,5-7,17,19-20H2,1-4H3,(H,35,39)/t28-/m1/s1. The molecular formula is C31H36Cl3N3O5S. The number of halogens is 3. The number of aryl methyl sites for hydroxylation is 1. The molecular weight excluding hydrogens is 633 g/mol. The first kappa shape index (κ1) is 34.5. The molecule has 0 fully saturated rings. The number of nitrogens with zero attached hydrogens (tertiary/aromatic N) is 2. The number of hydrogen-bond donors (Lipinski definition) is 1. The number of nitrogens with one attached hydrogen (secondary N) is 1. The van der Waals surface area contributed by atoms with Gasteiger partial charge in [-0.1, -0.05) is 78.8 Å². The number of anilines is 1. The Balaban J connectivity index is 2.11. The van der Waals surface area contributed by atoms with Crippen LogP contribution in [0.2, 0.25) is 15.1 Å². The summed E-state index contributed by atoms with van der Waals surface area (Å²) in [5, 5.41) is 3.69. The molecule has 0 saturated heterocycles. The quantitative estimate of drug-likeness (QED) is 0.189. The fourth-order valence-electron chi connectivity index (χ4n) is 4.46. The van der Waals surface area contributed by atoms with Gasteiger partial charge in [0, 0.05) is 28.7 Å². The molecule has 3 rings (SSSR count). The number of methoxy groups -OCH3 is 1. The van der Waals surface area contributed by atoms with E-state index < -0.39 is 28.5 Å². The molecule has 0 bridgehead atoms. The lowest BCUT2D eigenvalue weighted by Gasteiger charge is -2.33. The maximum atomic E-state index is 14.2. The van der Waals surface area contributed by atoms with Gasteiger partial charge in [0.25, 0.3) is 10.0 Å². The van der Waals surface area contributed by atoms with Crippen molar-refractivity contribution in [1.29, 1.82) is 0 Å². The summed E-state index contributed by atoms with van der Waals surface area (Å²) in [4.78, 5) is 28.9. The molecule has 0 aliphatic heterocycles. The van der Waals surface area contributed by atoms with Crippen LogP contribution in [0.1, 0.15) is 44.2 Å². The largest absolute Gasteiger partial charge is 0.495 e. The Kier molecular flexibility index (Phi) is 12.6. The Bertz CT molecular complexity index is 1510. The fraction of sp³-hybridized carbons (Fsp3) is 0.355. The highest BCUT2D eigenvalue weighted by molar-refractivity contribution is 7.92. The van der Waals surface area contributed by atoms with Crippen LogP contribution in [0.3, 0.4) is 0 Å². The van der Waals surface area contributed by atoms with Crippen molar-refractivity contribution in [1.82, 2.24) is 10.2 Å². The van der Waals surface area contributed by atoms with E-state index in [1.807, 2.05) is 13.8 Å². The first-order chi connectivity index (χ1) is 20.4. The molecule has 0 aromatic heterocycles. The molecule has 232 valence electrons. The van der Waals surface area contributed by atoms with Gasteiger partial charge in [0.05, 0.1) is 22.7 Å². The normalized spacial score (nSPS) is 12.0. The Morgan fingerprint density at radius 2 is 1.60 bits per heavy atom. The lowest BCUT2D eigenvalue weighted by atomic mass is 10.1. The summed E-state index contributed by atoms with van der Waals surface area (Å²) >= 11 is 19.3. The van der Waals surface area contributed by atoms with E-state index in [-0.39, 0.29) is 34.5 Å². The molecule has 0 radical (unpaired) electrons. The lowest BCUT2D eigenvalue weighted by molar-refractivity contribution is -0.140. The summed E-state index contributed by atoms with van der Waals surface area (Å²) in [7, 11) is -2.82. The van der Waals surface area contributed by atoms with Gasteiger partial charge >= 0.3 is 0 Å². The minimum atomic E-state index is -4.26. The van der Waals surface area contributed by atoms with Gasteiger partial charge in [-0.3, -0.25) is 13.9 Å². The maximum Gasteiger partial charge on any atom is 0.264 e. The second-order valence-electron chi connectivity index (χ2n) is 9.93. The summed E-state index contributed by atoms with van der Waals surface area (Å²) in [6, 6.07) is 14.8. The van der Waals surface area contributed by atoms with Gasteiger partial charge in [-0.25, -0.2) is 8.42 Å². The molecule has 3 aromatic carbocycles. The van der Waals surface area contributed by atoms with Crippen LogP contribution in [0.5, 0.6) is 5.75 Å². The van der Waals surface area contributed by atoms with E-state index in [0.29, 0.717) is 27.9 Å². The minimum Gasteiger partial charge on any atom is -0.495 e. The number of sulfonamides is 1. The first-order valence-electron chi connectivity index (χ1n) is 13.9. The number of unbranched alkanes of at least 4 members (excludes halogenated alkanes) is 1. The number of benzene rings is 3. The van der Waals surface area contributed by atoms with E-state index in [2.05, 4.69) is 5.32 Å². The zero-order valence-electron chi connectivity index (χ0n) is 24.6. The molecule has 3 aromatic rings. The van der Waals surface area contributed by atoms with E-state index in [0.717, 1.165) is 22.7 Å². The maximum absolute atomic E-state index is 14.2. The van der Waals surface area contributed by atoms with Crippen molar-refractivity contribution >= 4 is 62.3 Å². The van der Waals surface area contributed by atoms with Crippen LogP contribution in [0.4, 0.5) is 5.69 Å². The van der Waals surface area contributed by atoms with E-state index in [4.69, 9.17) is 39.5 Å². The third kappa shape index (κ3) is 8.56. The number of rotatable bonds is 14. The Labute approximate surface area is 268 Å². The van der Waals surface area contributed by atoms with Crippen LogP contribution in [0.25, 0.3) is 0 Å². The predicted octanol–water partition coefficient (Wildman–Crippen LogP) is 6.88. The molecule has 0 aliphatic carbocycles. The Morgan fingerprint density at radius 3 is 2.16 bits per heavy atom. The van der Waals surface area contributed by atoms with Gasteiger partial charge < -0.3 is 15.0 Å². The number of amides is 2. The molecule has 43 heavy (non-hydrogen) atoms. The van der Waals surface area contributed by atoms with Crippen molar-refractivity contribution in [3.8, 4) is 5.75 Å². The van der Waals surface area contributed by atoms with E-state index in [1.54, 1.807) is 37.3 Å².